The maximum absolute atomic E-state index is 11.8. The Labute approximate surface area is 106 Å². The molecule has 0 saturated carbocycles. The number of hydrogen-bond acceptors (Lipinski definition) is 2. The number of carboxylic acid groups (broad SMARTS) is 1. The van der Waals surface area contributed by atoms with Crippen LogP contribution in [-0.4, -0.2) is 30.2 Å². The van der Waals surface area contributed by atoms with E-state index in [4.69, 9.17) is 5.11 Å². The Balaban J connectivity index is 2.83. The lowest BCUT2D eigenvalue weighted by atomic mass is 10.1. The fraction of sp³-hybridized carbons (Fsp3) is 0.385. The van der Waals surface area contributed by atoms with E-state index in [9.17, 15) is 9.59 Å². The number of carboxylic acids is 1. The molecule has 0 spiro atoms. The van der Waals surface area contributed by atoms with Crippen molar-refractivity contribution in [3.05, 3.63) is 29.3 Å². The minimum Gasteiger partial charge on any atom is -0.480 e. The van der Waals surface area contributed by atoms with Crippen molar-refractivity contribution >= 4 is 17.7 Å². The first-order valence-corrected chi connectivity index (χ1v) is 5.66. The van der Waals surface area contributed by atoms with Crippen molar-refractivity contribution in [2.24, 2.45) is 0 Å². The second kappa shape index (κ2) is 5.53. The zero-order valence-corrected chi connectivity index (χ0v) is 11.0. The van der Waals surface area contributed by atoms with Gasteiger partial charge in [-0.25, -0.2) is 4.79 Å². The molecule has 2 N–H and O–H groups in total. The SMILES string of the molecule is Cc1cc(C)cc(N(C)C(=O)N[C@H](C)C(=O)O)c1. The topological polar surface area (TPSA) is 69.6 Å². The van der Waals surface area contributed by atoms with Gasteiger partial charge in [0.05, 0.1) is 0 Å². The Bertz CT molecular complexity index is 451. The zero-order chi connectivity index (χ0) is 13.9. The highest BCUT2D eigenvalue weighted by Gasteiger charge is 2.17. The van der Waals surface area contributed by atoms with E-state index in [1.54, 1.807) is 7.05 Å². The van der Waals surface area contributed by atoms with Gasteiger partial charge in [-0.1, -0.05) is 6.07 Å². The summed E-state index contributed by atoms with van der Waals surface area (Å²) in [6.45, 7) is 5.32. The summed E-state index contributed by atoms with van der Waals surface area (Å²) in [6, 6.07) is 4.41. The van der Waals surface area contributed by atoms with E-state index in [2.05, 4.69) is 5.32 Å². The first-order chi connectivity index (χ1) is 8.31. The molecule has 0 aromatic heterocycles. The highest BCUT2D eigenvalue weighted by Crippen LogP contribution is 2.17. The summed E-state index contributed by atoms with van der Waals surface area (Å²) >= 11 is 0. The highest BCUT2D eigenvalue weighted by molar-refractivity contribution is 5.94. The molecule has 5 heteroatoms. The number of aliphatic carboxylic acids is 1. The Hall–Kier alpha value is -2.04. The number of aryl methyl sites for hydroxylation is 2. The molecule has 0 fully saturated rings. The minimum atomic E-state index is -1.06. The summed E-state index contributed by atoms with van der Waals surface area (Å²) in [6.07, 6.45) is 0. The van der Waals surface area contributed by atoms with Crippen LogP contribution in [0.1, 0.15) is 18.1 Å². The van der Waals surface area contributed by atoms with Crippen molar-refractivity contribution in [1.82, 2.24) is 5.32 Å². The van der Waals surface area contributed by atoms with E-state index in [0.717, 1.165) is 16.8 Å². The molecule has 1 aromatic rings. The Morgan fingerprint density at radius 1 is 1.22 bits per heavy atom. The molecular formula is C13H18N2O3. The van der Waals surface area contributed by atoms with Crippen molar-refractivity contribution in [2.75, 3.05) is 11.9 Å². The predicted molar refractivity (Wildman–Crippen MR) is 69.9 cm³/mol. The fourth-order valence-electron chi connectivity index (χ4n) is 1.61. The molecule has 98 valence electrons. The molecule has 0 radical (unpaired) electrons. The van der Waals surface area contributed by atoms with Crippen molar-refractivity contribution in [3.8, 4) is 0 Å². The summed E-state index contributed by atoms with van der Waals surface area (Å²) < 4.78 is 0. The highest BCUT2D eigenvalue weighted by atomic mass is 16.4. The van der Waals surface area contributed by atoms with Gasteiger partial charge in [-0.05, 0) is 44.0 Å². The largest absolute Gasteiger partial charge is 0.480 e. The number of nitrogens with zero attached hydrogens (tertiary/aromatic N) is 1. The van der Waals surface area contributed by atoms with Crippen LogP contribution in [0.4, 0.5) is 10.5 Å². The van der Waals surface area contributed by atoms with Crippen LogP contribution in [0.5, 0.6) is 0 Å². The predicted octanol–water partition coefficient (Wildman–Crippen LogP) is 1.92. The van der Waals surface area contributed by atoms with Crippen LogP contribution in [-0.2, 0) is 4.79 Å². The smallest absolute Gasteiger partial charge is 0.325 e. The molecule has 1 rings (SSSR count). The van der Waals surface area contributed by atoms with Crippen LogP contribution in [0.2, 0.25) is 0 Å². The lowest BCUT2D eigenvalue weighted by Gasteiger charge is -2.20. The molecule has 0 saturated heterocycles. The molecule has 0 heterocycles. The summed E-state index contributed by atoms with van der Waals surface area (Å²) in [4.78, 5) is 23.9. The summed E-state index contributed by atoms with van der Waals surface area (Å²) in [5.74, 6) is -1.06. The fourth-order valence-corrected chi connectivity index (χ4v) is 1.61. The zero-order valence-electron chi connectivity index (χ0n) is 11.0. The van der Waals surface area contributed by atoms with Crippen LogP contribution in [0.15, 0.2) is 18.2 Å². The standard InChI is InChI=1S/C13H18N2O3/c1-8-5-9(2)7-11(6-8)15(4)13(18)14-10(3)12(16)17/h5-7,10H,1-4H3,(H,14,18)(H,16,17)/t10-/m1/s1. The number of hydrogen-bond donors (Lipinski definition) is 2. The number of nitrogens with one attached hydrogen (secondary N) is 1. The number of urea groups is 1. The second-order valence-electron chi connectivity index (χ2n) is 4.41. The quantitative estimate of drug-likeness (QED) is 0.861. The van der Waals surface area contributed by atoms with Gasteiger partial charge in [0.2, 0.25) is 0 Å². The van der Waals surface area contributed by atoms with Crippen molar-refractivity contribution in [2.45, 2.75) is 26.8 Å². The molecule has 0 aliphatic carbocycles. The van der Waals surface area contributed by atoms with Gasteiger partial charge in [-0.3, -0.25) is 9.69 Å². The number of rotatable bonds is 3. The number of amides is 2. The molecule has 2 amide bonds. The van der Waals surface area contributed by atoms with Gasteiger partial charge < -0.3 is 10.4 Å². The first kappa shape index (κ1) is 14.0. The van der Waals surface area contributed by atoms with Crippen molar-refractivity contribution in [3.63, 3.8) is 0 Å². The van der Waals surface area contributed by atoms with Crippen molar-refractivity contribution < 1.29 is 14.7 Å². The summed E-state index contributed by atoms with van der Waals surface area (Å²) in [7, 11) is 1.61. The van der Waals surface area contributed by atoms with Gasteiger partial charge in [0.1, 0.15) is 6.04 Å². The maximum Gasteiger partial charge on any atom is 0.325 e. The van der Waals surface area contributed by atoms with Gasteiger partial charge in [-0.15, -0.1) is 0 Å². The number of carbonyl (C=O) groups is 2. The Kier molecular flexibility index (Phi) is 4.31. The first-order valence-electron chi connectivity index (χ1n) is 5.66. The van der Waals surface area contributed by atoms with E-state index in [0.29, 0.717) is 0 Å². The minimum absolute atomic E-state index is 0.435. The van der Waals surface area contributed by atoms with Crippen molar-refractivity contribution in [1.29, 1.82) is 0 Å². The molecular weight excluding hydrogens is 232 g/mol. The molecule has 0 aliphatic heterocycles. The number of anilines is 1. The van der Waals surface area contributed by atoms with E-state index in [1.165, 1.54) is 11.8 Å². The van der Waals surface area contributed by atoms with Gasteiger partial charge in [0.15, 0.2) is 0 Å². The summed E-state index contributed by atoms with van der Waals surface area (Å²) in [5.41, 5.74) is 2.84. The second-order valence-corrected chi connectivity index (χ2v) is 4.41. The third-order valence-electron chi connectivity index (χ3n) is 2.61. The monoisotopic (exact) mass is 250 g/mol. The van der Waals surface area contributed by atoms with Crippen LogP contribution < -0.4 is 10.2 Å². The Morgan fingerprint density at radius 2 is 1.72 bits per heavy atom. The third-order valence-corrected chi connectivity index (χ3v) is 2.61. The average molecular weight is 250 g/mol. The maximum atomic E-state index is 11.8. The van der Waals surface area contributed by atoms with Gasteiger partial charge in [0.25, 0.3) is 0 Å². The van der Waals surface area contributed by atoms with Gasteiger partial charge >= 0.3 is 12.0 Å². The molecule has 0 bridgehead atoms. The molecule has 0 aliphatic rings. The van der Waals surface area contributed by atoms with Crippen LogP contribution >= 0.6 is 0 Å². The summed E-state index contributed by atoms with van der Waals surface area (Å²) in [5, 5.41) is 11.1. The van der Waals surface area contributed by atoms with Gasteiger partial charge in [0, 0.05) is 12.7 Å². The molecule has 1 aromatic carbocycles. The Morgan fingerprint density at radius 3 is 2.17 bits per heavy atom. The average Bonchev–Trinajstić information content (AvgIpc) is 2.26. The molecule has 0 unspecified atom stereocenters. The van der Waals surface area contributed by atoms with Crippen LogP contribution in [0.3, 0.4) is 0 Å². The lowest BCUT2D eigenvalue weighted by molar-refractivity contribution is -0.138. The van der Waals surface area contributed by atoms with E-state index in [1.807, 2.05) is 32.0 Å². The number of carbonyl (C=O) groups excluding carboxylic acids is 1. The van der Waals surface area contributed by atoms with Crippen LogP contribution in [0.25, 0.3) is 0 Å². The lowest BCUT2D eigenvalue weighted by Crippen LogP contribution is -2.45. The van der Waals surface area contributed by atoms with Gasteiger partial charge in [-0.2, -0.15) is 0 Å². The normalized spacial score (nSPS) is 11.8. The van der Waals surface area contributed by atoms with E-state index >= 15 is 0 Å². The third kappa shape index (κ3) is 3.48. The molecule has 1 atom stereocenters. The van der Waals surface area contributed by atoms with E-state index in [-0.39, 0.29) is 0 Å². The number of benzene rings is 1. The van der Waals surface area contributed by atoms with E-state index < -0.39 is 18.0 Å². The molecule has 18 heavy (non-hydrogen) atoms. The van der Waals surface area contributed by atoms with Crippen LogP contribution in [0, 0.1) is 13.8 Å². The molecule has 5 nitrogen and oxygen atoms in total.